The zero-order valence-electron chi connectivity index (χ0n) is 17.0. The first-order valence-electron chi connectivity index (χ1n) is 10.2. The molecule has 0 aromatic carbocycles. The number of ether oxygens (including phenoxy) is 1. The molecular formula is C20H29N5O3. The smallest absolute Gasteiger partial charge is 0.222 e. The average molecular weight is 387 g/mol. The minimum absolute atomic E-state index is 0.0386. The van der Waals surface area contributed by atoms with Crippen molar-refractivity contribution in [3.8, 4) is 0 Å². The number of rotatable bonds is 5. The van der Waals surface area contributed by atoms with Gasteiger partial charge in [0, 0.05) is 56.2 Å². The molecule has 2 aromatic rings. The molecule has 2 fully saturated rings. The molecule has 2 aliphatic rings. The van der Waals surface area contributed by atoms with Crippen LogP contribution in [0.2, 0.25) is 0 Å². The molecule has 8 nitrogen and oxygen atoms in total. The summed E-state index contributed by atoms with van der Waals surface area (Å²) < 4.78 is 13.0. The molecule has 2 saturated heterocycles. The van der Waals surface area contributed by atoms with E-state index in [1.54, 1.807) is 6.33 Å². The zero-order chi connectivity index (χ0) is 19.7. The highest BCUT2D eigenvalue weighted by atomic mass is 16.5. The van der Waals surface area contributed by atoms with Gasteiger partial charge in [-0.3, -0.25) is 4.79 Å². The monoisotopic (exact) mass is 387 g/mol. The summed E-state index contributed by atoms with van der Waals surface area (Å²) in [4.78, 5) is 15.1. The van der Waals surface area contributed by atoms with Gasteiger partial charge in [0.05, 0.1) is 5.69 Å². The van der Waals surface area contributed by atoms with Crippen molar-refractivity contribution >= 4 is 5.91 Å². The van der Waals surface area contributed by atoms with E-state index in [-0.39, 0.29) is 17.2 Å². The van der Waals surface area contributed by atoms with Crippen molar-refractivity contribution in [2.45, 2.75) is 58.9 Å². The van der Waals surface area contributed by atoms with Gasteiger partial charge < -0.3 is 18.7 Å². The second-order valence-corrected chi connectivity index (χ2v) is 8.08. The Labute approximate surface area is 165 Å². The number of amides is 1. The lowest BCUT2D eigenvalue weighted by atomic mass is 9.71. The molecule has 28 heavy (non-hydrogen) atoms. The van der Waals surface area contributed by atoms with Crippen LogP contribution in [0.4, 0.5) is 0 Å². The molecule has 4 rings (SSSR count). The lowest BCUT2D eigenvalue weighted by molar-refractivity contribution is -0.130. The van der Waals surface area contributed by atoms with Gasteiger partial charge in [-0.25, -0.2) is 0 Å². The van der Waals surface area contributed by atoms with Gasteiger partial charge in [-0.05, 0) is 40.0 Å². The van der Waals surface area contributed by atoms with Gasteiger partial charge in [0.25, 0.3) is 0 Å². The highest BCUT2D eigenvalue weighted by Gasteiger charge is 2.50. The van der Waals surface area contributed by atoms with Gasteiger partial charge >= 0.3 is 0 Å². The summed E-state index contributed by atoms with van der Waals surface area (Å²) in [5, 5.41) is 12.6. The first-order chi connectivity index (χ1) is 13.5. The topological polar surface area (TPSA) is 86.3 Å². The molecule has 0 radical (unpaired) electrons. The fourth-order valence-corrected chi connectivity index (χ4v) is 4.83. The van der Waals surface area contributed by atoms with E-state index >= 15 is 0 Å². The quantitative estimate of drug-likeness (QED) is 0.782. The fraction of sp³-hybridized carbons (Fsp3) is 0.700. The summed E-state index contributed by atoms with van der Waals surface area (Å²) in [7, 11) is 0. The maximum absolute atomic E-state index is 13.1. The molecule has 152 valence electrons. The second kappa shape index (κ2) is 7.66. The Hall–Kier alpha value is -2.22. The number of carbonyl (C=O) groups is 1. The first kappa shape index (κ1) is 19.1. The van der Waals surface area contributed by atoms with Crippen molar-refractivity contribution in [1.29, 1.82) is 0 Å². The van der Waals surface area contributed by atoms with Crippen LogP contribution in [-0.2, 0) is 22.5 Å². The summed E-state index contributed by atoms with van der Waals surface area (Å²) in [6, 6.07) is 0. The maximum atomic E-state index is 13.1. The molecule has 2 aliphatic heterocycles. The van der Waals surface area contributed by atoms with Crippen LogP contribution in [0.5, 0.6) is 0 Å². The van der Waals surface area contributed by atoms with Crippen LogP contribution in [0.3, 0.4) is 0 Å². The highest BCUT2D eigenvalue weighted by Crippen LogP contribution is 2.49. The second-order valence-electron chi connectivity index (χ2n) is 8.08. The summed E-state index contributed by atoms with van der Waals surface area (Å²) in [6.45, 7) is 9.75. The Morgan fingerprint density at radius 3 is 2.79 bits per heavy atom. The molecule has 0 bridgehead atoms. The van der Waals surface area contributed by atoms with E-state index in [1.807, 2.05) is 18.7 Å². The normalized spacial score (nSPS) is 21.5. The van der Waals surface area contributed by atoms with Crippen molar-refractivity contribution < 1.29 is 14.1 Å². The predicted molar refractivity (Wildman–Crippen MR) is 102 cm³/mol. The Morgan fingerprint density at radius 1 is 1.32 bits per heavy atom. The highest BCUT2D eigenvalue weighted by molar-refractivity contribution is 5.77. The van der Waals surface area contributed by atoms with Crippen LogP contribution in [0, 0.1) is 19.3 Å². The number of carbonyl (C=O) groups excluding carboxylic acids is 1. The fourth-order valence-electron chi connectivity index (χ4n) is 4.83. The van der Waals surface area contributed by atoms with Gasteiger partial charge in [-0.15, -0.1) is 10.2 Å². The van der Waals surface area contributed by atoms with Crippen molar-refractivity contribution in [3.05, 3.63) is 29.2 Å². The molecule has 8 heteroatoms. The molecular weight excluding hydrogens is 358 g/mol. The van der Waals surface area contributed by atoms with Crippen LogP contribution in [0.1, 0.15) is 54.9 Å². The standard InChI is InChI=1S/C20H29N5O3/c1-4-24-13-21-22-19(24)17-11-25(12-20(17)7-9-27-10-8-20)18(26)6-5-16-14(2)23-28-15(16)3/h13,17H,4-12H2,1-3H3. The van der Waals surface area contributed by atoms with Crippen LogP contribution < -0.4 is 0 Å². The zero-order valence-corrected chi connectivity index (χ0v) is 17.0. The Morgan fingerprint density at radius 2 is 2.11 bits per heavy atom. The van der Waals surface area contributed by atoms with E-state index in [0.29, 0.717) is 19.4 Å². The van der Waals surface area contributed by atoms with Crippen LogP contribution in [-0.4, -0.2) is 57.0 Å². The van der Waals surface area contributed by atoms with E-state index in [2.05, 4.69) is 26.8 Å². The largest absolute Gasteiger partial charge is 0.381 e. The molecule has 0 N–H and O–H groups in total. The maximum Gasteiger partial charge on any atom is 0.222 e. The average Bonchev–Trinajstić information content (AvgIpc) is 3.39. The minimum atomic E-state index is 0.0386. The molecule has 1 spiro atoms. The Balaban J connectivity index is 1.52. The lowest BCUT2D eigenvalue weighted by Gasteiger charge is -2.37. The summed E-state index contributed by atoms with van der Waals surface area (Å²) in [5.41, 5.74) is 1.97. The minimum Gasteiger partial charge on any atom is -0.381 e. The van der Waals surface area contributed by atoms with E-state index in [9.17, 15) is 4.79 Å². The van der Waals surface area contributed by atoms with Crippen LogP contribution >= 0.6 is 0 Å². The number of hydrogen-bond donors (Lipinski definition) is 0. The van der Waals surface area contributed by atoms with Gasteiger partial charge in [0.2, 0.25) is 5.91 Å². The molecule has 2 aromatic heterocycles. The van der Waals surface area contributed by atoms with Crippen molar-refractivity contribution in [2.75, 3.05) is 26.3 Å². The number of hydrogen-bond acceptors (Lipinski definition) is 6. The third-order valence-corrected chi connectivity index (χ3v) is 6.56. The van der Waals surface area contributed by atoms with Crippen LogP contribution in [0.15, 0.2) is 10.9 Å². The Kier molecular flexibility index (Phi) is 5.23. The van der Waals surface area contributed by atoms with E-state index < -0.39 is 0 Å². The molecule has 1 atom stereocenters. The molecule has 1 amide bonds. The number of aryl methyl sites for hydroxylation is 3. The number of aromatic nitrogens is 4. The van der Waals surface area contributed by atoms with Crippen molar-refractivity contribution in [1.82, 2.24) is 24.8 Å². The van der Waals surface area contributed by atoms with Crippen LogP contribution in [0.25, 0.3) is 0 Å². The molecule has 0 saturated carbocycles. The van der Waals surface area contributed by atoms with Gasteiger partial charge in [-0.1, -0.05) is 5.16 Å². The van der Waals surface area contributed by atoms with Gasteiger partial charge in [0.1, 0.15) is 17.9 Å². The summed E-state index contributed by atoms with van der Waals surface area (Å²) in [6.07, 6.45) is 4.86. The van der Waals surface area contributed by atoms with Gasteiger partial charge in [-0.2, -0.15) is 0 Å². The van der Waals surface area contributed by atoms with Crippen molar-refractivity contribution in [3.63, 3.8) is 0 Å². The number of nitrogens with zero attached hydrogens (tertiary/aromatic N) is 5. The third kappa shape index (κ3) is 3.34. The summed E-state index contributed by atoms with van der Waals surface area (Å²) >= 11 is 0. The van der Waals surface area contributed by atoms with Crippen molar-refractivity contribution in [2.24, 2.45) is 5.41 Å². The predicted octanol–water partition coefficient (Wildman–Crippen LogP) is 2.26. The number of likely N-dealkylation sites (tertiary alicyclic amines) is 1. The SMILES string of the molecule is CCn1cnnc1C1CN(C(=O)CCc2c(C)noc2C)CC12CCOCC2. The van der Waals surface area contributed by atoms with E-state index in [4.69, 9.17) is 9.26 Å². The first-order valence-corrected chi connectivity index (χ1v) is 10.2. The lowest BCUT2D eigenvalue weighted by Crippen LogP contribution is -2.37. The summed E-state index contributed by atoms with van der Waals surface area (Å²) in [5.74, 6) is 2.21. The molecule has 0 aliphatic carbocycles. The third-order valence-electron chi connectivity index (χ3n) is 6.56. The van der Waals surface area contributed by atoms with E-state index in [0.717, 1.165) is 62.0 Å². The molecule has 4 heterocycles. The Bertz CT molecular complexity index is 817. The van der Waals surface area contributed by atoms with E-state index in [1.165, 1.54) is 0 Å². The van der Waals surface area contributed by atoms with Gasteiger partial charge in [0.15, 0.2) is 0 Å². The molecule has 1 unspecified atom stereocenters.